The molecule has 3 rings (SSSR count). The van der Waals surface area contributed by atoms with Crippen LogP contribution in [0.3, 0.4) is 0 Å². The minimum Gasteiger partial charge on any atom is -0.508 e. The van der Waals surface area contributed by atoms with E-state index in [-0.39, 0.29) is 30.4 Å². The lowest BCUT2D eigenvalue weighted by atomic mass is 10.1. The number of carbonyl (C=O) groups excluding carboxylic acids is 1. The van der Waals surface area contributed by atoms with Gasteiger partial charge >= 0.3 is 0 Å². The monoisotopic (exact) mass is 469 g/mol. The lowest BCUT2D eigenvalue weighted by Gasteiger charge is -2.34. The molecule has 0 unspecified atom stereocenters. The Morgan fingerprint density at radius 1 is 1.15 bits per heavy atom. The average molecular weight is 470 g/mol. The van der Waals surface area contributed by atoms with Crippen molar-refractivity contribution in [2.45, 2.75) is 57.3 Å². The second-order valence-corrected chi connectivity index (χ2v) is 8.03. The number of aliphatic hydroxyl groups excluding tert-OH is 1. The smallest absolute Gasteiger partial charge is 0.300 e. The molecule has 2 aliphatic rings. The van der Waals surface area contributed by atoms with Gasteiger partial charge in [0.15, 0.2) is 0 Å². The Morgan fingerprint density at radius 2 is 1.73 bits per heavy atom. The van der Waals surface area contributed by atoms with Crippen LogP contribution in [-0.4, -0.2) is 93.7 Å². The lowest BCUT2D eigenvalue weighted by Crippen LogP contribution is -2.48. The molecule has 0 aliphatic carbocycles. The molecule has 0 aromatic heterocycles. The lowest BCUT2D eigenvalue weighted by molar-refractivity contribution is -0.135. The SMILES string of the molecule is CC(=O)O.CC(=O)O.N[C@@H](Cc1ccc(O)cc1)C(=O)N[C@H]1C[C@H]2CO[C@@H](CCO)CN2C1. The molecule has 11 heteroatoms. The molecule has 0 bridgehead atoms. The van der Waals surface area contributed by atoms with E-state index in [4.69, 9.17) is 35.4 Å². The first-order chi connectivity index (χ1) is 15.5. The van der Waals surface area contributed by atoms with Gasteiger partial charge in [-0.25, -0.2) is 0 Å². The zero-order chi connectivity index (χ0) is 25.0. The molecular formula is C22H35N3O8. The third kappa shape index (κ3) is 11.6. The van der Waals surface area contributed by atoms with Crippen molar-refractivity contribution in [2.75, 3.05) is 26.3 Å². The largest absolute Gasteiger partial charge is 0.508 e. The van der Waals surface area contributed by atoms with E-state index in [1.165, 1.54) is 0 Å². The van der Waals surface area contributed by atoms with Crippen molar-refractivity contribution in [3.05, 3.63) is 29.8 Å². The van der Waals surface area contributed by atoms with Crippen LogP contribution in [0.25, 0.3) is 0 Å². The van der Waals surface area contributed by atoms with Crippen molar-refractivity contribution in [1.29, 1.82) is 0 Å². The van der Waals surface area contributed by atoms with Crippen molar-refractivity contribution < 1.29 is 39.5 Å². The summed E-state index contributed by atoms with van der Waals surface area (Å²) in [6.45, 7) is 4.55. The summed E-state index contributed by atoms with van der Waals surface area (Å²) in [5, 5.41) is 36.2. The van der Waals surface area contributed by atoms with E-state index >= 15 is 0 Å². The molecule has 186 valence electrons. The van der Waals surface area contributed by atoms with Crippen molar-refractivity contribution in [3.8, 4) is 5.75 Å². The quantitative estimate of drug-likeness (QED) is 0.326. The molecule has 0 radical (unpaired) electrons. The van der Waals surface area contributed by atoms with Crippen molar-refractivity contribution in [2.24, 2.45) is 5.73 Å². The third-order valence-electron chi connectivity index (χ3n) is 5.02. The van der Waals surface area contributed by atoms with Crippen LogP contribution in [0.2, 0.25) is 0 Å². The third-order valence-corrected chi connectivity index (χ3v) is 5.02. The van der Waals surface area contributed by atoms with E-state index in [0.717, 1.165) is 38.9 Å². The molecule has 33 heavy (non-hydrogen) atoms. The van der Waals surface area contributed by atoms with E-state index < -0.39 is 18.0 Å². The number of phenols is 1. The molecule has 7 N–H and O–H groups in total. The van der Waals surface area contributed by atoms with E-state index in [1.807, 2.05) is 0 Å². The highest BCUT2D eigenvalue weighted by Gasteiger charge is 2.38. The van der Waals surface area contributed by atoms with Gasteiger partial charge in [-0.05, 0) is 37.0 Å². The van der Waals surface area contributed by atoms with Gasteiger partial charge in [0, 0.05) is 45.6 Å². The molecule has 2 heterocycles. The number of aromatic hydroxyl groups is 1. The summed E-state index contributed by atoms with van der Waals surface area (Å²) >= 11 is 0. The number of carboxylic acid groups (broad SMARTS) is 2. The maximum atomic E-state index is 12.4. The fraction of sp³-hybridized carbons (Fsp3) is 0.591. The Morgan fingerprint density at radius 3 is 2.27 bits per heavy atom. The first-order valence-corrected chi connectivity index (χ1v) is 10.7. The Balaban J connectivity index is 0.000000591. The summed E-state index contributed by atoms with van der Waals surface area (Å²) in [5.41, 5.74) is 6.95. The number of carboxylic acids is 2. The fourth-order valence-corrected chi connectivity index (χ4v) is 3.65. The first kappa shape index (κ1) is 28.3. The topological polar surface area (TPSA) is 183 Å². The van der Waals surface area contributed by atoms with Gasteiger partial charge in [0.2, 0.25) is 5.91 Å². The summed E-state index contributed by atoms with van der Waals surface area (Å²) in [5.74, 6) is -1.61. The molecule has 0 saturated carbocycles. The van der Waals surface area contributed by atoms with E-state index in [2.05, 4.69) is 10.2 Å². The van der Waals surface area contributed by atoms with Crippen LogP contribution in [0.4, 0.5) is 0 Å². The Hall–Kier alpha value is -2.73. The van der Waals surface area contributed by atoms with Crippen LogP contribution in [0, 0.1) is 0 Å². The van der Waals surface area contributed by atoms with Gasteiger partial charge in [-0.15, -0.1) is 0 Å². The predicted molar refractivity (Wildman–Crippen MR) is 120 cm³/mol. The van der Waals surface area contributed by atoms with Crippen LogP contribution >= 0.6 is 0 Å². The summed E-state index contributed by atoms with van der Waals surface area (Å²) in [6.07, 6.45) is 2.03. The van der Waals surface area contributed by atoms with Crippen molar-refractivity contribution in [3.63, 3.8) is 0 Å². The second kappa shape index (κ2) is 14.4. The van der Waals surface area contributed by atoms with Crippen molar-refractivity contribution in [1.82, 2.24) is 10.2 Å². The van der Waals surface area contributed by atoms with Gasteiger partial charge in [-0.2, -0.15) is 0 Å². The van der Waals surface area contributed by atoms with Crippen LogP contribution in [-0.2, 0) is 25.5 Å². The average Bonchev–Trinajstić information content (AvgIpc) is 3.10. The zero-order valence-corrected chi connectivity index (χ0v) is 19.0. The maximum Gasteiger partial charge on any atom is 0.300 e. The maximum absolute atomic E-state index is 12.4. The number of rotatable bonds is 6. The number of nitrogens with one attached hydrogen (secondary N) is 1. The summed E-state index contributed by atoms with van der Waals surface area (Å²) < 4.78 is 5.76. The van der Waals surface area contributed by atoms with Crippen LogP contribution in [0.5, 0.6) is 5.75 Å². The van der Waals surface area contributed by atoms with Gasteiger partial charge < -0.3 is 36.2 Å². The molecule has 4 atom stereocenters. The standard InChI is InChI=1S/C18H27N3O4.2C2H4O2/c19-17(7-12-1-3-15(23)4-2-12)18(24)20-13-8-14-11-25-16(5-6-22)10-21(14)9-13;2*1-2(3)4/h1-4,13-14,16-17,22-23H,5-11,19H2,(H,20,24);2*1H3,(H,3,4)/t13-,14-,16-,17-;;/m0../s1. The van der Waals surface area contributed by atoms with Crippen LogP contribution in [0.15, 0.2) is 24.3 Å². The number of phenolic OH excluding ortho intramolecular Hbond substituents is 1. The molecule has 1 amide bonds. The summed E-state index contributed by atoms with van der Waals surface area (Å²) in [6, 6.07) is 6.54. The highest BCUT2D eigenvalue weighted by atomic mass is 16.5. The second-order valence-electron chi connectivity index (χ2n) is 8.03. The molecule has 2 aliphatic heterocycles. The summed E-state index contributed by atoms with van der Waals surface area (Å²) in [4.78, 5) is 32.7. The minimum absolute atomic E-state index is 0.0763. The Kier molecular flexibility index (Phi) is 12.4. The Bertz CT molecular complexity index is 739. The minimum atomic E-state index is -0.833. The predicted octanol–water partition coefficient (Wildman–Crippen LogP) is -0.216. The van der Waals surface area contributed by atoms with Gasteiger partial charge in [-0.1, -0.05) is 12.1 Å². The normalized spacial score (nSPS) is 22.5. The fourth-order valence-electron chi connectivity index (χ4n) is 3.65. The number of benzene rings is 1. The van der Waals surface area contributed by atoms with Gasteiger partial charge in [0.05, 0.1) is 18.8 Å². The number of aliphatic carboxylic acids is 2. The van der Waals surface area contributed by atoms with E-state index in [0.29, 0.717) is 25.5 Å². The number of ether oxygens (including phenoxy) is 1. The number of hydrogen-bond donors (Lipinski definition) is 6. The number of nitrogens with zero attached hydrogens (tertiary/aromatic N) is 1. The molecule has 0 spiro atoms. The number of amides is 1. The number of carbonyl (C=O) groups is 3. The molecule has 2 fully saturated rings. The Labute approximate surface area is 193 Å². The first-order valence-electron chi connectivity index (χ1n) is 10.7. The van der Waals surface area contributed by atoms with Gasteiger partial charge in [0.1, 0.15) is 5.75 Å². The molecule has 2 saturated heterocycles. The van der Waals surface area contributed by atoms with Crippen molar-refractivity contribution >= 4 is 17.8 Å². The highest BCUT2D eigenvalue weighted by molar-refractivity contribution is 5.82. The molecular weight excluding hydrogens is 434 g/mol. The molecule has 1 aromatic rings. The number of nitrogens with two attached hydrogens (primary N) is 1. The number of fused-ring (bicyclic) bond motifs is 1. The van der Waals surface area contributed by atoms with Gasteiger partial charge in [0.25, 0.3) is 11.9 Å². The van der Waals surface area contributed by atoms with Crippen LogP contribution in [0.1, 0.15) is 32.3 Å². The number of hydrogen-bond acceptors (Lipinski definition) is 8. The van der Waals surface area contributed by atoms with Gasteiger partial charge in [-0.3, -0.25) is 19.3 Å². The summed E-state index contributed by atoms with van der Waals surface area (Å²) in [7, 11) is 0. The zero-order valence-electron chi connectivity index (χ0n) is 19.0. The van der Waals surface area contributed by atoms with E-state index in [1.54, 1.807) is 24.3 Å². The molecule has 11 nitrogen and oxygen atoms in total. The van der Waals surface area contributed by atoms with E-state index in [9.17, 15) is 9.90 Å². The molecule has 1 aromatic carbocycles. The number of aliphatic hydroxyl groups is 1. The van der Waals surface area contributed by atoms with Crippen LogP contribution < -0.4 is 11.1 Å². The highest BCUT2D eigenvalue weighted by Crippen LogP contribution is 2.24. The number of morpholine rings is 1.